The number of hydrogen-bond acceptors (Lipinski definition) is 5. The lowest BCUT2D eigenvalue weighted by Crippen LogP contribution is -2.41. The molecule has 0 aliphatic carbocycles. The van der Waals surface area contributed by atoms with Gasteiger partial charge in [-0.15, -0.1) is 0 Å². The van der Waals surface area contributed by atoms with E-state index in [0.29, 0.717) is 23.0 Å². The zero-order valence-electron chi connectivity index (χ0n) is 13.7. The summed E-state index contributed by atoms with van der Waals surface area (Å²) in [4.78, 5) is 45.0. The lowest BCUT2D eigenvalue weighted by atomic mass is 10.1. The predicted octanol–water partition coefficient (Wildman–Crippen LogP) is 0.812. The van der Waals surface area contributed by atoms with Crippen molar-refractivity contribution in [2.75, 3.05) is 0 Å². The fourth-order valence-corrected chi connectivity index (χ4v) is 2.97. The smallest absolute Gasteiger partial charge is 0.288 e. The Morgan fingerprint density at radius 3 is 2.73 bits per heavy atom. The van der Waals surface area contributed by atoms with Crippen molar-refractivity contribution in [1.29, 1.82) is 0 Å². The van der Waals surface area contributed by atoms with Gasteiger partial charge in [-0.25, -0.2) is 4.98 Å². The Balaban J connectivity index is 1.55. The molecule has 2 amide bonds. The first-order chi connectivity index (χ1) is 12.6. The second-order valence-electron chi connectivity index (χ2n) is 5.94. The van der Waals surface area contributed by atoms with Gasteiger partial charge in [-0.3, -0.25) is 34.8 Å². The van der Waals surface area contributed by atoms with Crippen LogP contribution in [0.3, 0.4) is 0 Å². The standard InChI is InChI=1S/C18H15N5O3/c24-16(21-22-17(25)13-4-1-2-8-19-13)11-6-7-12-14(10-11)20-15-5-3-9-23(15)18(12)26/h1-2,4,6-8,10H,3,5,9H2,(H,21,24)(H,22,25). The third kappa shape index (κ3) is 2.81. The molecular weight excluding hydrogens is 334 g/mol. The number of benzene rings is 1. The maximum Gasteiger partial charge on any atom is 0.288 e. The third-order valence-electron chi connectivity index (χ3n) is 4.27. The van der Waals surface area contributed by atoms with Crippen molar-refractivity contribution >= 4 is 22.7 Å². The lowest BCUT2D eigenvalue weighted by molar-refractivity contribution is 0.0844. The monoisotopic (exact) mass is 349 g/mol. The number of hydrogen-bond donors (Lipinski definition) is 2. The minimum Gasteiger partial charge on any atom is -0.296 e. The topological polar surface area (TPSA) is 106 Å². The molecule has 0 spiro atoms. The van der Waals surface area contributed by atoms with Crippen LogP contribution < -0.4 is 16.4 Å². The summed E-state index contributed by atoms with van der Waals surface area (Å²) < 4.78 is 1.68. The van der Waals surface area contributed by atoms with Gasteiger partial charge in [-0.05, 0) is 36.8 Å². The van der Waals surface area contributed by atoms with Crippen LogP contribution in [-0.2, 0) is 13.0 Å². The number of carbonyl (C=O) groups is 2. The van der Waals surface area contributed by atoms with Gasteiger partial charge in [0.25, 0.3) is 17.4 Å². The first-order valence-corrected chi connectivity index (χ1v) is 8.19. The number of aromatic nitrogens is 3. The van der Waals surface area contributed by atoms with E-state index in [0.717, 1.165) is 18.7 Å². The van der Waals surface area contributed by atoms with Crippen LogP contribution in [0.2, 0.25) is 0 Å². The van der Waals surface area contributed by atoms with E-state index in [9.17, 15) is 14.4 Å². The number of nitrogens with zero attached hydrogens (tertiary/aromatic N) is 3. The van der Waals surface area contributed by atoms with E-state index >= 15 is 0 Å². The summed E-state index contributed by atoms with van der Waals surface area (Å²) >= 11 is 0. The summed E-state index contributed by atoms with van der Waals surface area (Å²) in [5, 5.41) is 0.477. The van der Waals surface area contributed by atoms with Gasteiger partial charge in [0.05, 0.1) is 10.9 Å². The largest absolute Gasteiger partial charge is 0.296 e. The molecule has 1 aromatic carbocycles. The quantitative estimate of drug-likeness (QED) is 0.666. The van der Waals surface area contributed by atoms with Crippen molar-refractivity contribution in [3.8, 4) is 0 Å². The van der Waals surface area contributed by atoms with Gasteiger partial charge >= 0.3 is 0 Å². The number of nitrogens with one attached hydrogen (secondary N) is 2. The minimum atomic E-state index is -0.520. The molecule has 130 valence electrons. The fraction of sp³-hybridized carbons (Fsp3) is 0.167. The predicted molar refractivity (Wildman–Crippen MR) is 93.5 cm³/mol. The lowest BCUT2D eigenvalue weighted by Gasteiger charge is -2.08. The number of aryl methyl sites for hydroxylation is 1. The molecular formula is C18H15N5O3. The third-order valence-corrected chi connectivity index (χ3v) is 4.27. The fourth-order valence-electron chi connectivity index (χ4n) is 2.97. The molecule has 4 rings (SSSR count). The summed E-state index contributed by atoms with van der Waals surface area (Å²) in [5.74, 6) is -0.281. The van der Waals surface area contributed by atoms with E-state index in [2.05, 4.69) is 20.8 Å². The van der Waals surface area contributed by atoms with Crippen LogP contribution >= 0.6 is 0 Å². The molecule has 0 atom stereocenters. The van der Waals surface area contributed by atoms with E-state index in [1.165, 1.54) is 18.3 Å². The molecule has 3 aromatic rings. The van der Waals surface area contributed by atoms with E-state index in [-0.39, 0.29) is 11.3 Å². The Labute approximate surface area is 147 Å². The molecule has 0 saturated carbocycles. The Kier molecular flexibility index (Phi) is 3.92. The van der Waals surface area contributed by atoms with Gasteiger partial charge in [0.1, 0.15) is 11.5 Å². The van der Waals surface area contributed by atoms with Crippen molar-refractivity contribution in [3.63, 3.8) is 0 Å². The van der Waals surface area contributed by atoms with Gasteiger partial charge in [-0.2, -0.15) is 0 Å². The summed E-state index contributed by atoms with van der Waals surface area (Å²) in [6, 6.07) is 9.58. The van der Waals surface area contributed by atoms with Crippen LogP contribution in [-0.4, -0.2) is 26.3 Å². The molecule has 3 heterocycles. The van der Waals surface area contributed by atoms with E-state index in [4.69, 9.17) is 0 Å². The molecule has 0 bridgehead atoms. The molecule has 0 saturated heterocycles. The van der Waals surface area contributed by atoms with Crippen molar-refractivity contribution in [3.05, 3.63) is 70.0 Å². The van der Waals surface area contributed by atoms with Crippen molar-refractivity contribution in [1.82, 2.24) is 25.4 Å². The van der Waals surface area contributed by atoms with Gasteiger partial charge < -0.3 is 0 Å². The number of fused-ring (bicyclic) bond motifs is 2. The first-order valence-electron chi connectivity index (χ1n) is 8.19. The van der Waals surface area contributed by atoms with Gasteiger partial charge in [0, 0.05) is 24.7 Å². The van der Waals surface area contributed by atoms with Crippen LogP contribution in [0.4, 0.5) is 0 Å². The second kappa shape index (κ2) is 6.40. The highest BCUT2D eigenvalue weighted by molar-refractivity contribution is 6.00. The highest BCUT2D eigenvalue weighted by atomic mass is 16.2. The average Bonchev–Trinajstić information content (AvgIpc) is 3.15. The zero-order chi connectivity index (χ0) is 18.1. The molecule has 26 heavy (non-hydrogen) atoms. The molecule has 8 nitrogen and oxygen atoms in total. The number of pyridine rings is 1. The summed E-state index contributed by atoms with van der Waals surface area (Å²) in [6.07, 6.45) is 3.13. The zero-order valence-corrected chi connectivity index (χ0v) is 13.7. The molecule has 2 N–H and O–H groups in total. The number of amides is 2. The molecule has 0 unspecified atom stereocenters. The molecule has 1 aliphatic heterocycles. The molecule has 2 aromatic heterocycles. The number of rotatable bonds is 2. The molecule has 1 aliphatic rings. The van der Waals surface area contributed by atoms with Crippen molar-refractivity contribution < 1.29 is 9.59 Å². The number of carbonyl (C=O) groups excluding carboxylic acids is 2. The van der Waals surface area contributed by atoms with E-state index < -0.39 is 11.8 Å². The van der Waals surface area contributed by atoms with Gasteiger partial charge in [0.15, 0.2) is 0 Å². The first kappa shape index (κ1) is 15.9. The number of hydrazine groups is 1. The van der Waals surface area contributed by atoms with Crippen LogP contribution in [0, 0.1) is 0 Å². The Morgan fingerprint density at radius 2 is 1.92 bits per heavy atom. The van der Waals surface area contributed by atoms with Gasteiger partial charge in [0.2, 0.25) is 0 Å². The van der Waals surface area contributed by atoms with Crippen LogP contribution in [0.5, 0.6) is 0 Å². The maximum absolute atomic E-state index is 12.4. The Morgan fingerprint density at radius 1 is 1.08 bits per heavy atom. The molecule has 8 heteroatoms. The maximum atomic E-state index is 12.4. The molecule has 0 radical (unpaired) electrons. The minimum absolute atomic E-state index is 0.0853. The Bertz CT molecular complexity index is 1080. The normalized spacial score (nSPS) is 12.6. The van der Waals surface area contributed by atoms with Gasteiger partial charge in [-0.1, -0.05) is 6.07 Å². The van der Waals surface area contributed by atoms with Crippen LogP contribution in [0.15, 0.2) is 47.4 Å². The summed E-state index contributed by atoms with van der Waals surface area (Å²) in [7, 11) is 0. The molecule has 0 fully saturated rings. The highest BCUT2D eigenvalue weighted by Gasteiger charge is 2.17. The summed E-state index contributed by atoms with van der Waals surface area (Å²) in [5.41, 5.74) is 5.53. The average molecular weight is 349 g/mol. The Hall–Kier alpha value is -3.55. The van der Waals surface area contributed by atoms with E-state index in [1.807, 2.05) is 0 Å². The SMILES string of the molecule is O=C(NNC(=O)c1ccccn1)c1ccc2c(=O)n3c(nc2c1)CCC3. The summed E-state index contributed by atoms with van der Waals surface area (Å²) in [6.45, 7) is 0.679. The second-order valence-corrected chi connectivity index (χ2v) is 5.94. The van der Waals surface area contributed by atoms with Crippen molar-refractivity contribution in [2.24, 2.45) is 0 Å². The van der Waals surface area contributed by atoms with E-state index in [1.54, 1.807) is 28.8 Å². The van der Waals surface area contributed by atoms with Crippen LogP contribution in [0.25, 0.3) is 10.9 Å². The van der Waals surface area contributed by atoms with Crippen molar-refractivity contribution in [2.45, 2.75) is 19.4 Å². The highest BCUT2D eigenvalue weighted by Crippen LogP contribution is 2.16. The van der Waals surface area contributed by atoms with Crippen LogP contribution in [0.1, 0.15) is 33.1 Å².